The number of carbonyl (C=O) groups excluding carboxylic acids is 1. The van der Waals surface area contributed by atoms with Gasteiger partial charge in [0, 0.05) is 23.7 Å². The Kier molecular flexibility index (Phi) is 7.35. The minimum absolute atomic E-state index is 0.00366. The molecule has 4 rings (SSSR count). The summed E-state index contributed by atoms with van der Waals surface area (Å²) in [6, 6.07) is 9.15. The molecular weight excluding hydrogens is 467 g/mol. The molecule has 0 saturated carbocycles. The molecule has 0 spiro atoms. The molecule has 0 bridgehead atoms. The Labute approximate surface area is 205 Å². The maximum absolute atomic E-state index is 13.7. The van der Waals surface area contributed by atoms with E-state index in [-0.39, 0.29) is 28.7 Å². The first-order chi connectivity index (χ1) is 16.7. The fraction of sp³-hybridized carbons (Fsp3) is 0.423. The Balaban J connectivity index is 1.66. The first-order valence-corrected chi connectivity index (χ1v) is 13.9. The highest BCUT2D eigenvalue weighted by molar-refractivity contribution is 7.90. The summed E-state index contributed by atoms with van der Waals surface area (Å²) in [4.78, 5) is 17.7. The fourth-order valence-electron chi connectivity index (χ4n) is 4.88. The van der Waals surface area contributed by atoms with Crippen molar-refractivity contribution in [3.63, 3.8) is 0 Å². The molecule has 1 amide bonds. The van der Waals surface area contributed by atoms with Gasteiger partial charge in [-0.25, -0.2) is 22.5 Å². The summed E-state index contributed by atoms with van der Waals surface area (Å²) in [5.74, 6) is -0.698. The maximum Gasteiger partial charge on any atom is 0.228 e. The largest absolute Gasteiger partial charge is 0.349 e. The summed E-state index contributed by atoms with van der Waals surface area (Å²) in [6.07, 6.45) is 8.43. The number of hydrogen-bond acceptors (Lipinski definition) is 5. The van der Waals surface area contributed by atoms with E-state index in [1.807, 2.05) is 6.92 Å². The minimum Gasteiger partial charge on any atom is -0.349 e. The summed E-state index contributed by atoms with van der Waals surface area (Å²) < 4.78 is 39.3. The lowest BCUT2D eigenvalue weighted by Gasteiger charge is -2.25. The highest BCUT2D eigenvalue weighted by atomic mass is 32.2. The molecule has 0 fully saturated rings. The molecule has 0 aliphatic heterocycles. The van der Waals surface area contributed by atoms with Crippen LogP contribution in [-0.2, 0) is 21.1 Å². The molecule has 0 radical (unpaired) electrons. The molecule has 3 atom stereocenters. The van der Waals surface area contributed by atoms with Crippen molar-refractivity contribution in [2.75, 3.05) is 6.26 Å². The quantitative estimate of drug-likeness (QED) is 0.483. The van der Waals surface area contributed by atoms with E-state index >= 15 is 0 Å². The molecule has 0 saturated heterocycles. The van der Waals surface area contributed by atoms with Crippen molar-refractivity contribution in [3.8, 4) is 5.69 Å². The summed E-state index contributed by atoms with van der Waals surface area (Å²) >= 11 is 0. The molecule has 35 heavy (non-hydrogen) atoms. The van der Waals surface area contributed by atoms with Gasteiger partial charge < -0.3 is 5.32 Å². The highest BCUT2D eigenvalue weighted by Crippen LogP contribution is 2.36. The van der Waals surface area contributed by atoms with Gasteiger partial charge in [-0.2, -0.15) is 5.10 Å². The van der Waals surface area contributed by atoms with Crippen LogP contribution in [0, 0.1) is 11.7 Å². The van der Waals surface area contributed by atoms with Crippen molar-refractivity contribution in [1.29, 1.82) is 0 Å². The topological polar surface area (TPSA) is 93.9 Å². The van der Waals surface area contributed by atoms with E-state index in [4.69, 9.17) is 0 Å². The molecule has 1 aliphatic carbocycles. The van der Waals surface area contributed by atoms with E-state index in [1.165, 1.54) is 18.3 Å². The molecule has 3 aromatic rings. The fourth-order valence-corrected chi connectivity index (χ4v) is 5.48. The zero-order valence-electron chi connectivity index (χ0n) is 20.2. The average Bonchev–Trinajstić information content (AvgIpc) is 3.14. The van der Waals surface area contributed by atoms with Gasteiger partial charge in [0.25, 0.3) is 0 Å². The lowest BCUT2D eigenvalue weighted by Crippen LogP contribution is -2.35. The zero-order valence-corrected chi connectivity index (χ0v) is 21.1. The van der Waals surface area contributed by atoms with Gasteiger partial charge in [-0.05, 0) is 73.6 Å². The first kappa shape index (κ1) is 25.0. The van der Waals surface area contributed by atoms with E-state index in [0.717, 1.165) is 54.4 Å². The Hall–Kier alpha value is -3.07. The molecule has 2 heterocycles. The maximum atomic E-state index is 13.7. The molecule has 1 aliphatic rings. The van der Waals surface area contributed by atoms with Crippen LogP contribution in [0.3, 0.4) is 0 Å². The van der Waals surface area contributed by atoms with Gasteiger partial charge in [0.05, 0.1) is 23.8 Å². The van der Waals surface area contributed by atoms with Gasteiger partial charge in [0.1, 0.15) is 5.82 Å². The second kappa shape index (κ2) is 10.3. The van der Waals surface area contributed by atoms with E-state index in [2.05, 4.69) is 22.3 Å². The number of halogens is 1. The normalized spacial score (nSPS) is 19.0. The monoisotopic (exact) mass is 498 g/mol. The molecule has 1 aromatic carbocycles. The van der Waals surface area contributed by atoms with Crippen molar-refractivity contribution in [2.45, 2.75) is 62.9 Å². The van der Waals surface area contributed by atoms with Crippen LogP contribution in [0.25, 0.3) is 5.69 Å². The van der Waals surface area contributed by atoms with Crippen molar-refractivity contribution >= 4 is 15.7 Å². The molecule has 9 heteroatoms. The van der Waals surface area contributed by atoms with Crippen LogP contribution in [0.5, 0.6) is 0 Å². The number of amides is 1. The molecule has 186 valence electrons. The zero-order chi connectivity index (χ0) is 25.2. The van der Waals surface area contributed by atoms with Gasteiger partial charge in [-0.15, -0.1) is 0 Å². The Morgan fingerprint density at radius 3 is 2.69 bits per heavy atom. The van der Waals surface area contributed by atoms with E-state index in [0.29, 0.717) is 6.42 Å². The second-order valence-electron chi connectivity index (χ2n) is 9.33. The standard InChI is InChI=1S/C26H31FN4O3S/c1-4-6-22(18-13-14-28-24(15-18)35(3,33)34)30-26(32)25-17(2)7-5-8-23-21(25)16-29-31(23)20-11-9-19(27)10-12-20/h9-17,22,25H,4-8H2,1-3H3,(H,30,32)/t17-,22+,25?/m1/s1. The number of aromatic nitrogens is 3. The number of fused-ring (bicyclic) bond motifs is 1. The summed E-state index contributed by atoms with van der Waals surface area (Å²) in [6.45, 7) is 4.11. The van der Waals surface area contributed by atoms with Crippen LogP contribution >= 0.6 is 0 Å². The van der Waals surface area contributed by atoms with Crippen LogP contribution < -0.4 is 5.32 Å². The van der Waals surface area contributed by atoms with Gasteiger partial charge in [0.15, 0.2) is 14.9 Å². The van der Waals surface area contributed by atoms with Crippen LogP contribution in [0.1, 0.15) is 68.3 Å². The van der Waals surface area contributed by atoms with Crippen LogP contribution in [0.15, 0.2) is 53.8 Å². The van der Waals surface area contributed by atoms with Crippen LogP contribution in [0.2, 0.25) is 0 Å². The minimum atomic E-state index is -3.46. The van der Waals surface area contributed by atoms with Gasteiger partial charge in [-0.1, -0.05) is 20.3 Å². The number of nitrogens with zero attached hydrogens (tertiary/aromatic N) is 3. The number of hydrogen-bond donors (Lipinski definition) is 1. The third kappa shape index (κ3) is 5.45. The van der Waals surface area contributed by atoms with Crippen molar-refractivity contribution in [2.24, 2.45) is 5.92 Å². The van der Waals surface area contributed by atoms with E-state index < -0.39 is 15.8 Å². The number of rotatable bonds is 7. The van der Waals surface area contributed by atoms with Crippen molar-refractivity contribution in [1.82, 2.24) is 20.1 Å². The molecule has 2 aromatic heterocycles. The summed E-state index contributed by atoms with van der Waals surface area (Å²) in [7, 11) is -3.46. The molecular formula is C26H31FN4O3S. The summed E-state index contributed by atoms with van der Waals surface area (Å²) in [5, 5.41) is 7.74. The molecule has 1 unspecified atom stereocenters. The number of carbonyl (C=O) groups is 1. The van der Waals surface area contributed by atoms with Gasteiger partial charge in [-0.3, -0.25) is 4.79 Å². The predicted molar refractivity (Wildman–Crippen MR) is 132 cm³/mol. The Bertz CT molecular complexity index is 1300. The smallest absolute Gasteiger partial charge is 0.228 e. The third-order valence-corrected chi connectivity index (χ3v) is 7.65. The lowest BCUT2D eigenvalue weighted by molar-refractivity contribution is -0.124. The molecule has 1 N–H and O–H groups in total. The number of pyridine rings is 1. The highest BCUT2D eigenvalue weighted by Gasteiger charge is 2.34. The average molecular weight is 499 g/mol. The van der Waals surface area contributed by atoms with Crippen molar-refractivity contribution in [3.05, 3.63) is 71.4 Å². The van der Waals surface area contributed by atoms with E-state index in [1.54, 1.807) is 35.1 Å². The number of sulfone groups is 1. The Morgan fingerprint density at radius 1 is 1.26 bits per heavy atom. The van der Waals surface area contributed by atoms with E-state index in [9.17, 15) is 17.6 Å². The van der Waals surface area contributed by atoms with Gasteiger partial charge >= 0.3 is 0 Å². The van der Waals surface area contributed by atoms with Crippen molar-refractivity contribution < 1.29 is 17.6 Å². The number of nitrogens with one attached hydrogen (secondary N) is 1. The van der Waals surface area contributed by atoms with Gasteiger partial charge in [0.2, 0.25) is 5.91 Å². The van der Waals surface area contributed by atoms with Crippen LogP contribution in [-0.4, -0.2) is 35.3 Å². The SMILES string of the molecule is CCC[C@H](NC(=O)C1c2cnn(-c3ccc(F)cc3)c2CCC[C@H]1C)c1ccnc(S(C)(=O)=O)c1. The Morgan fingerprint density at radius 2 is 2.00 bits per heavy atom. The number of benzene rings is 1. The summed E-state index contributed by atoms with van der Waals surface area (Å²) in [5.41, 5.74) is 3.34. The van der Waals surface area contributed by atoms with Crippen LogP contribution in [0.4, 0.5) is 4.39 Å². The third-order valence-electron chi connectivity index (χ3n) is 6.67. The first-order valence-electron chi connectivity index (χ1n) is 12.0. The second-order valence-corrected chi connectivity index (χ2v) is 11.3. The predicted octanol–water partition coefficient (Wildman–Crippen LogP) is 4.52. The molecule has 7 nitrogen and oxygen atoms in total. The lowest BCUT2D eigenvalue weighted by atomic mass is 9.86.